The van der Waals surface area contributed by atoms with Crippen LogP contribution in [0.2, 0.25) is 0 Å². The van der Waals surface area contributed by atoms with Gasteiger partial charge in [-0.05, 0) is 35.8 Å². The second-order valence-corrected chi connectivity index (χ2v) is 7.03. The molecular formula is C19H20F2N4O. The second kappa shape index (κ2) is 6.60. The van der Waals surface area contributed by atoms with Crippen molar-refractivity contribution in [2.75, 3.05) is 13.1 Å². The van der Waals surface area contributed by atoms with Gasteiger partial charge in [-0.3, -0.25) is 4.79 Å². The van der Waals surface area contributed by atoms with Crippen molar-refractivity contribution in [1.82, 2.24) is 4.90 Å². The number of likely N-dealkylation sites (tertiary alicyclic amines) is 1. The molecule has 1 atom stereocenters. The fourth-order valence-corrected chi connectivity index (χ4v) is 3.41. The van der Waals surface area contributed by atoms with Crippen molar-refractivity contribution < 1.29 is 13.6 Å². The Labute approximate surface area is 151 Å². The Balaban J connectivity index is 2.03. The van der Waals surface area contributed by atoms with Crippen LogP contribution in [0.4, 0.5) is 8.78 Å². The van der Waals surface area contributed by atoms with Crippen LogP contribution in [0.5, 0.6) is 0 Å². The second-order valence-electron chi connectivity index (χ2n) is 7.03. The van der Waals surface area contributed by atoms with Gasteiger partial charge in [-0.15, -0.1) is 0 Å². The molecule has 1 amide bonds. The van der Waals surface area contributed by atoms with E-state index in [2.05, 4.69) is 16.3 Å². The van der Waals surface area contributed by atoms with Gasteiger partial charge in [0.05, 0.1) is 11.6 Å². The zero-order valence-electron chi connectivity index (χ0n) is 14.7. The summed E-state index contributed by atoms with van der Waals surface area (Å²) >= 11 is 0. The van der Waals surface area contributed by atoms with Crippen LogP contribution in [0.3, 0.4) is 0 Å². The first kappa shape index (κ1) is 18.2. The maximum atomic E-state index is 13.4. The highest BCUT2D eigenvalue weighted by Gasteiger charge is 2.41. The highest BCUT2D eigenvalue weighted by Crippen LogP contribution is 2.41. The summed E-state index contributed by atoms with van der Waals surface area (Å²) in [6.07, 6.45) is 2.72. The topological polar surface area (TPSA) is 68.8 Å². The molecule has 136 valence electrons. The molecule has 1 aromatic carbocycles. The molecule has 26 heavy (non-hydrogen) atoms. The quantitative estimate of drug-likeness (QED) is 0.810. The number of benzene rings is 1. The van der Waals surface area contributed by atoms with Crippen LogP contribution >= 0.6 is 0 Å². The number of nitrogens with zero attached hydrogens (tertiary/aromatic N) is 4. The zero-order valence-corrected chi connectivity index (χ0v) is 14.7. The summed E-state index contributed by atoms with van der Waals surface area (Å²) in [4.78, 5) is 14.5. The predicted octanol–water partition coefficient (Wildman–Crippen LogP) is 4.26. The highest BCUT2D eigenvalue weighted by atomic mass is 19.3. The molecule has 0 N–H and O–H groups in total. The van der Waals surface area contributed by atoms with E-state index in [1.165, 1.54) is 4.90 Å². The third-order valence-electron chi connectivity index (χ3n) is 5.09. The Morgan fingerprint density at radius 2 is 2.00 bits per heavy atom. The highest BCUT2D eigenvalue weighted by molar-refractivity contribution is 5.96. The maximum Gasteiger partial charge on any atom is 0.254 e. The molecule has 1 aromatic rings. The maximum absolute atomic E-state index is 13.4. The van der Waals surface area contributed by atoms with Gasteiger partial charge >= 0.3 is 0 Å². The number of hydrogen-bond acceptors (Lipinski definition) is 4. The molecule has 2 heterocycles. The smallest absolute Gasteiger partial charge is 0.254 e. The molecule has 0 spiro atoms. The predicted molar refractivity (Wildman–Crippen MR) is 91.8 cm³/mol. The number of amides is 1. The number of piperidine rings is 1. The molecule has 5 nitrogen and oxygen atoms in total. The lowest BCUT2D eigenvalue weighted by Crippen LogP contribution is -2.43. The number of hydrogen-bond donors (Lipinski definition) is 0. The summed E-state index contributed by atoms with van der Waals surface area (Å²) in [6, 6.07) is 6.90. The van der Waals surface area contributed by atoms with Gasteiger partial charge in [-0.1, -0.05) is 13.8 Å². The van der Waals surface area contributed by atoms with Crippen LogP contribution < -0.4 is 0 Å². The lowest BCUT2D eigenvalue weighted by molar-refractivity contribution is -0.0494. The van der Waals surface area contributed by atoms with E-state index in [0.717, 1.165) is 0 Å². The summed E-state index contributed by atoms with van der Waals surface area (Å²) in [5.74, 6) is -3.03. The average molecular weight is 358 g/mol. The minimum atomic E-state index is -2.72. The number of halogens is 2. The molecule has 2 aliphatic rings. The molecule has 0 bridgehead atoms. The van der Waals surface area contributed by atoms with Gasteiger partial charge in [0, 0.05) is 37.7 Å². The van der Waals surface area contributed by atoms with Gasteiger partial charge in [0.2, 0.25) is 0 Å². The lowest BCUT2D eigenvalue weighted by Gasteiger charge is -2.34. The van der Waals surface area contributed by atoms with Crippen LogP contribution in [0, 0.1) is 17.2 Å². The van der Waals surface area contributed by atoms with Crippen LogP contribution in [0.1, 0.15) is 48.2 Å². The third-order valence-corrected chi connectivity index (χ3v) is 5.09. The summed E-state index contributed by atoms with van der Waals surface area (Å²) in [6.45, 7) is 3.95. The van der Waals surface area contributed by atoms with E-state index in [0.29, 0.717) is 16.7 Å². The molecule has 1 unspecified atom stereocenters. The number of carbonyl (C=O) groups is 1. The van der Waals surface area contributed by atoms with E-state index in [4.69, 9.17) is 0 Å². The molecule has 1 saturated heterocycles. The average Bonchev–Trinajstić information content (AvgIpc) is 3.12. The van der Waals surface area contributed by atoms with Crippen LogP contribution in [0.25, 0.3) is 0 Å². The summed E-state index contributed by atoms with van der Waals surface area (Å²) in [5, 5.41) is 17.6. The number of carbonyl (C=O) groups excluding carboxylic acids is 1. The first-order valence-electron chi connectivity index (χ1n) is 8.60. The van der Waals surface area contributed by atoms with E-state index in [1.807, 2.05) is 19.9 Å². The van der Waals surface area contributed by atoms with E-state index in [-0.39, 0.29) is 37.8 Å². The Bertz CT molecular complexity index is 801. The molecule has 1 fully saturated rings. The van der Waals surface area contributed by atoms with E-state index in [1.54, 1.807) is 24.4 Å². The molecule has 0 saturated carbocycles. The minimum Gasteiger partial charge on any atom is -0.338 e. The lowest BCUT2D eigenvalue weighted by atomic mass is 9.78. The SMILES string of the molecule is CC(C)C1(c2cc(C#N)ccc2C(=O)N2CCC(F)(F)CC2)C=CN=N1. The number of nitriles is 1. The Morgan fingerprint density at radius 1 is 1.31 bits per heavy atom. The van der Waals surface area contributed by atoms with Crippen molar-refractivity contribution in [2.45, 2.75) is 38.2 Å². The Kier molecular flexibility index (Phi) is 4.61. The molecule has 7 heteroatoms. The first-order chi connectivity index (χ1) is 12.3. The van der Waals surface area contributed by atoms with Crippen LogP contribution in [0.15, 0.2) is 40.7 Å². The van der Waals surface area contributed by atoms with Crippen LogP contribution in [-0.2, 0) is 5.54 Å². The van der Waals surface area contributed by atoms with Gasteiger partial charge in [0.1, 0.15) is 5.54 Å². The third kappa shape index (κ3) is 3.12. The van der Waals surface area contributed by atoms with Gasteiger partial charge in [0.15, 0.2) is 0 Å². The fourth-order valence-electron chi connectivity index (χ4n) is 3.41. The molecule has 0 aliphatic carbocycles. The van der Waals surface area contributed by atoms with Crippen molar-refractivity contribution in [2.24, 2.45) is 16.1 Å². The van der Waals surface area contributed by atoms with Crippen molar-refractivity contribution >= 4 is 5.91 Å². The number of azo groups is 1. The Morgan fingerprint density at radius 3 is 2.54 bits per heavy atom. The van der Waals surface area contributed by atoms with Crippen molar-refractivity contribution in [3.63, 3.8) is 0 Å². The number of rotatable bonds is 3. The summed E-state index contributed by atoms with van der Waals surface area (Å²) in [5.41, 5.74) is 0.550. The standard InChI is InChI=1S/C19H20F2N4O/c1-13(2)19(5-8-23-24-19)16-11-14(12-22)3-4-15(16)17(26)25-9-6-18(20,21)7-10-25/h3-5,8,11,13H,6-7,9-10H2,1-2H3. The van der Waals surface area contributed by atoms with E-state index in [9.17, 15) is 18.8 Å². The monoisotopic (exact) mass is 358 g/mol. The first-order valence-corrected chi connectivity index (χ1v) is 8.60. The fraction of sp³-hybridized carbons (Fsp3) is 0.474. The molecule has 2 aliphatic heterocycles. The van der Waals surface area contributed by atoms with E-state index < -0.39 is 11.5 Å². The largest absolute Gasteiger partial charge is 0.338 e. The van der Waals surface area contributed by atoms with Crippen molar-refractivity contribution in [1.29, 1.82) is 5.26 Å². The minimum absolute atomic E-state index is 0.00354. The van der Waals surface area contributed by atoms with Crippen LogP contribution in [-0.4, -0.2) is 29.8 Å². The summed E-state index contributed by atoms with van der Waals surface area (Å²) in [7, 11) is 0. The van der Waals surface area contributed by atoms with Gasteiger partial charge < -0.3 is 4.90 Å². The van der Waals surface area contributed by atoms with E-state index >= 15 is 0 Å². The molecule has 3 rings (SSSR count). The number of alkyl halides is 2. The summed E-state index contributed by atoms with van der Waals surface area (Å²) < 4.78 is 26.8. The Hall–Kier alpha value is -2.62. The zero-order chi connectivity index (χ0) is 18.9. The normalized spacial score (nSPS) is 24.1. The van der Waals surface area contributed by atoms with Gasteiger partial charge in [-0.25, -0.2) is 8.78 Å². The molecule has 0 radical (unpaired) electrons. The van der Waals surface area contributed by atoms with Gasteiger partial charge in [0.25, 0.3) is 11.8 Å². The molecular weight excluding hydrogens is 338 g/mol. The van der Waals surface area contributed by atoms with Gasteiger partial charge in [-0.2, -0.15) is 15.5 Å². The van der Waals surface area contributed by atoms with Crippen molar-refractivity contribution in [3.8, 4) is 6.07 Å². The molecule has 0 aromatic heterocycles. The van der Waals surface area contributed by atoms with Crippen molar-refractivity contribution in [3.05, 3.63) is 47.2 Å².